The second-order valence-corrected chi connectivity index (χ2v) is 9.41. The van der Waals surface area contributed by atoms with E-state index in [-0.39, 0.29) is 17.7 Å². The number of carbonyl (C=O) groups is 2. The maximum absolute atomic E-state index is 12.9. The van der Waals surface area contributed by atoms with Gasteiger partial charge in [0.2, 0.25) is 5.91 Å². The third-order valence-electron chi connectivity index (χ3n) is 5.37. The molecule has 1 aliphatic heterocycles. The van der Waals surface area contributed by atoms with Crippen LogP contribution in [0.5, 0.6) is 0 Å². The Kier molecular flexibility index (Phi) is 6.51. The molecule has 1 saturated heterocycles. The van der Waals surface area contributed by atoms with Crippen LogP contribution in [0, 0.1) is 5.92 Å². The fourth-order valence-electron chi connectivity index (χ4n) is 3.76. The normalized spacial score (nSPS) is 14.5. The van der Waals surface area contributed by atoms with Gasteiger partial charge in [0.1, 0.15) is 0 Å². The van der Waals surface area contributed by atoms with Crippen molar-refractivity contribution in [3.8, 4) is 10.4 Å². The number of rotatable bonds is 5. The molecule has 1 fully saturated rings. The third-order valence-corrected chi connectivity index (χ3v) is 6.94. The molecule has 3 aromatic rings. The highest BCUT2D eigenvalue weighted by molar-refractivity contribution is 7.17. The first-order valence-electron chi connectivity index (χ1n) is 9.91. The Bertz CT molecular complexity index is 1100. The van der Waals surface area contributed by atoms with Gasteiger partial charge in [-0.1, -0.05) is 35.3 Å². The van der Waals surface area contributed by atoms with E-state index in [0.717, 1.165) is 34.9 Å². The van der Waals surface area contributed by atoms with E-state index >= 15 is 0 Å². The zero-order valence-electron chi connectivity index (χ0n) is 16.6. The van der Waals surface area contributed by atoms with Gasteiger partial charge in [0.15, 0.2) is 0 Å². The maximum Gasteiger partial charge on any atom is 0.265 e. The van der Waals surface area contributed by atoms with Gasteiger partial charge in [0, 0.05) is 33.9 Å². The molecule has 2 heterocycles. The van der Waals surface area contributed by atoms with Crippen LogP contribution in [0.1, 0.15) is 22.5 Å². The topological polar surface area (TPSA) is 75.4 Å². The molecule has 3 N–H and O–H groups in total. The van der Waals surface area contributed by atoms with E-state index in [2.05, 4.69) is 10.2 Å². The fourth-order valence-corrected chi connectivity index (χ4v) is 5.17. The number of para-hydroxylation sites is 2. The van der Waals surface area contributed by atoms with Crippen molar-refractivity contribution >= 4 is 57.7 Å². The van der Waals surface area contributed by atoms with Crippen molar-refractivity contribution in [2.75, 3.05) is 23.3 Å². The highest BCUT2D eigenvalue weighted by Crippen LogP contribution is 2.34. The fraction of sp³-hybridized carbons (Fsp3) is 0.217. The molecule has 0 unspecified atom stereocenters. The van der Waals surface area contributed by atoms with E-state index < -0.39 is 0 Å². The minimum Gasteiger partial charge on any atom is -0.370 e. The van der Waals surface area contributed by atoms with Gasteiger partial charge in [-0.15, -0.1) is 11.3 Å². The first-order chi connectivity index (χ1) is 14.9. The van der Waals surface area contributed by atoms with Crippen molar-refractivity contribution in [2.45, 2.75) is 12.8 Å². The molecule has 0 spiro atoms. The van der Waals surface area contributed by atoms with Crippen LogP contribution in [0.15, 0.2) is 54.6 Å². The SMILES string of the molecule is NC(=O)C1CCN(c2ccccc2NC(=O)c2ccc(-c3cc(Cl)cc(Cl)c3)s2)CC1. The summed E-state index contributed by atoms with van der Waals surface area (Å²) in [7, 11) is 0. The van der Waals surface area contributed by atoms with E-state index in [1.54, 1.807) is 12.1 Å². The average molecular weight is 474 g/mol. The zero-order chi connectivity index (χ0) is 22.0. The Labute approximate surface area is 194 Å². The number of nitrogens with one attached hydrogen (secondary N) is 1. The van der Waals surface area contributed by atoms with Gasteiger partial charge in [-0.3, -0.25) is 9.59 Å². The van der Waals surface area contributed by atoms with E-state index in [1.807, 2.05) is 42.5 Å². The molecule has 0 bridgehead atoms. The Morgan fingerprint density at radius 3 is 2.35 bits per heavy atom. The number of benzene rings is 2. The van der Waals surface area contributed by atoms with Gasteiger partial charge >= 0.3 is 0 Å². The van der Waals surface area contributed by atoms with Crippen LogP contribution < -0.4 is 16.0 Å². The van der Waals surface area contributed by atoms with Gasteiger partial charge in [-0.25, -0.2) is 0 Å². The first-order valence-corrected chi connectivity index (χ1v) is 11.5. The predicted molar refractivity (Wildman–Crippen MR) is 128 cm³/mol. The summed E-state index contributed by atoms with van der Waals surface area (Å²) in [6.45, 7) is 1.44. The second-order valence-electron chi connectivity index (χ2n) is 7.46. The molecule has 8 heteroatoms. The highest BCUT2D eigenvalue weighted by Gasteiger charge is 2.24. The van der Waals surface area contributed by atoms with Crippen LogP contribution in [0.4, 0.5) is 11.4 Å². The Hall–Kier alpha value is -2.54. The lowest BCUT2D eigenvalue weighted by atomic mass is 9.96. The summed E-state index contributed by atoms with van der Waals surface area (Å²) in [5.41, 5.74) is 8.00. The van der Waals surface area contributed by atoms with Gasteiger partial charge in [0.25, 0.3) is 5.91 Å². The Morgan fingerprint density at radius 1 is 1.00 bits per heavy atom. The molecule has 1 aliphatic rings. The van der Waals surface area contributed by atoms with Crippen LogP contribution in [0.2, 0.25) is 10.0 Å². The number of halogens is 2. The Morgan fingerprint density at radius 2 is 1.68 bits per heavy atom. The number of nitrogens with zero attached hydrogens (tertiary/aromatic N) is 1. The smallest absolute Gasteiger partial charge is 0.265 e. The van der Waals surface area contributed by atoms with Crippen molar-refractivity contribution in [3.05, 3.63) is 69.5 Å². The third kappa shape index (κ3) is 5.03. The number of anilines is 2. The van der Waals surface area contributed by atoms with Crippen LogP contribution in [-0.2, 0) is 4.79 Å². The van der Waals surface area contributed by atoms with Crippen LogP contribution in [0.25, 0.3) is 10.4 Å². The molecule has 0 saturated carbocycles. The molecule has 4 rings (SSSR count). The molecule has 5 nitrogen and oxygen atoms in total. The standard InChI is InChI=1S/C23H21Cl2N3O2S/c24-16-11-15(12-17(25)13-16)20-5-6-21(31-20)23(30)27-18-3-1-2-4-19(18)28-9-7-14(8-10-28)22(26)29/h1-6,11-14H,7-10H2,(H2,26,29)(H,27,30). The number of thiophene rings is 1. The lowest BCUT2D eigenvalue weighted by Gasteiger charge is -2.33. The van der Waals surface area contributed by atoms with Crippen LogP contribution in [0.3, 0.4) is 0 Å². The molecule has 1 aromatic heterocycles. The summed E-state index contributed by atoms with van der Waals surface area (Å²) in [5.74, 6) is -0.498. The summed E-state index contributed by atoms with van der Waals surface area (Å²) in [4.78, 5) is 28.1. The van der Waals surface area contributed by atoms with Crippen molar-refractivity contribution in [2.24, 2.45) is 11.7 Å². The van der Waals surface area contributed by atoms with Crippen molar-refractivity contribution in [3.63, 3.8) is 0 Å². The molecule has 2 aromatic carbocycles. The number of hydrogen-bond donors (Lipinski definition) is 2. The second kappa shape index (κ2) is 9.30. The number of amides is 2. The summed E-state index contributed by atoms with van der Waals surface area (Å²) in [6.07, 6.45) is 1.43. The predicted octanol–water partition coefficient (Wildman–Crippen LogP) is 5.68. The highest BCUT2D eigenvalue weighted by atomic mass is 35.5. The van der Waals surface area contributed by atoms with Crippen molar-refractivity contribution in [1.29, 1.82) is 0 Å². The summed E-state index contributed by atoms with van der Waals surface area (Å²) in [5, 5.41) is 4.14. The van der Waals surface area contributed by atoms with Crippen LogP contribution >= 0.6 is 34.5 Å². The summed E-state index contributed by atoms with van der Waals surface area (Å²) < 4.78 is 0. The molecule has 0 radical (unpaired) electrons. The molecular weight excluding hydrogens is 453 g/mol. The largest absolute Gasteiger partial charge is 0.370 e. The summed E-state index contributed by atoms with van der Waals surface area (Å²) in [6, 6.07) is 16.7. The molecular formula is C23H21Cl2N3O2S. The van der Waals surface area contributed by atoms with Crippen LogP contribution in [-0.4, -0.2) is 24.9 Å². The van der Waals surface area contributed by atoms with E-state index in [0.29, 0.717) is 27.8 Å². The minimum atomic E-state index is -0.240. The number of nitrogens with two attached hydrogens (primary N) is 1. The van der Waals surface area contributed by atoms with E-state index in [1.165, 1.54) is 11.3 Å². The van der Waals surface area contributed by atoms with Gasteiger partial charge < -0.3 is 16.0 Å². The lowest BCUT2D eigenvalue weighted by Crippen LogP contribution is -2.38. The van der Waals surface area contributed by atoms with E-state index in [4.69, 9.17) is 28.9 Å². The molecule has 160 valence electrons. The Balaban J connectivity index is 1.50. The van der Waals surface area contributed by atoms with Gasteiger partial charge in [-0.05, 0) is 60.9 Å². The number of carbonyl (C=O) groups excluding carboxylic acids is 2. The van der Waals surface area contributed by atoms with Gasteiger partial charge in [-0.2, -0.15) is 0 Å². The molecule has 0 aliphatic carbocycles. The maximum atomic E-state index is 12.9. The number of primary amides is 1. The van der Waals surface area contributed by atoms with Crippen molar-refractivity contribution < 1.29 is 9.59 Å². The lowest BCUT2D eigenvalue weighted by molar-refractivity contribution is -0.122. The average Bonchev–Trinajstić information content (AvgIpc) is 3.24. The van der Waals surface area contributed by atoms with Crippen molar-refractivity contribution in [1.82, 2.24) is 0 Å². The molecule has 31 heavy (non-hydrogen) atoms. The minimum absolute atomic E-state index is 0.0810. The quantitative estimate of drug-likeness (QED) is 0.500. The monoisotopic (exact) mass is 473 g/mol. The molecule has 0 atom stereocenters. The summed E-state index contributed by atoms with van der Waals surface area (Å²) >= 11 is 13.6. The number of hydrogen-bond acceptors (Lipinski definition) is 4. The van der Waals surface area contributed by atoms with Gasteiger partial charge in [0.05, 0.1) is 16.3 Å². The first kappa shape index (κ1) is 21.7. The number of piperidine rings is 1. The zero-order valence-corrected chi connectivity index (χ0v) is 18.9. The molecule has 2 amide bonds. The van der Waals surface area contributed by atoms with E-state index in [9.17, 15) is 9.59 Å².